The minimum Gasteiger partial charge on any atom is -0.352 e. The lowest BCUT2D eigenvalue weighted by atomic mass is 10.1. The summed E-state index contributed by atoms with van der Waals surface area (Å²) in [5.41, 5.74) is 1.65. The summed E-state index contributed by atoms with van der Waals surface area (Å²) >= 11 is 0. The molecule has 0 aromatic carbocycles. The molecule has 2 N–H and O–H groups in total. The van der Waals surface area contributed by atoms with E-state index in [0.717, 1.165) is 30.4 Å². The molecule has 1 unspecified atom stereocenters. The van der Waals surface area contributed by atoms with Gasteiger partial charge in [-0.2, -0.15) is 0 Å². The molecule has 1 aliphatic rings. The zero-order chi connectivity index (χ0) is 17.7. The second-order valence-corrected chi connectivity index (χ2v) is 7.67. The van der Waals surface area contributed by atoms with Crippen molar-refractivity contribution >= 4 is 21.8 Å². The topological polar surface area (TPSA) is 108 Å². The number of rotatable bonds is 6. The quantitative estimate of drug-likeness (QED) is 0.743. The summed E-state index contributed by atoms with van der Waals surface area (Å²) in [6.07, 6.45) is 4.35. The van der Waals surface area contributed by atoms with Gasteiger partial charge in [0.15, 0.2) is 0 Å². The molecule has 1 fully saturated rings. The number of amides is 2. The Morgan fingerprint density at radius 3 is 2.71 bits per heavy atom. The average Bonchev–Trinajstić information content (AvgIpc) is 3.00. The summed E-state index contributed by atoms with van der Waals surface area (Å²) in [4.78, 5) is 29.2. The van der Waals surface area contributed by atoms with Gasteiger partial charge >= 0.3 is 0 Å². The zero-order valence-electron chi connectivity index (χ0n) is 13.8. The maximum absolute atomic E-state index is 12.2. The van der Waals surface area contributed by atoms with Crippen LogP contribution in [0.1, 0.15) is 37.1 Å². The zero-order valence-corrected chi connectivity index (χ0v) is 14.6. The Labute approximate surface area is 141 Å². The predicted molar refractivity (Wildman–Crippen MR) is 88.3 cm³/mol. The monoisotopic (exact) mass is 354 g/mol. The number of aromatic nitrogens is 1. The number of sulfonamides is 1. The van der Waals surface area contributed by atoms with E-state index in [4.69, 9.17) is 0 Å². The van der Waals surface area contributed by atoms with E-state index in [2.05, 4.69) is 15.0 Å². The van der Waals surface area contributed by atoms with Gasteiger partial charge in [-0.3, -0.25) is 14.6 Å². The highest BCUT2D eigenvalue weighted by molar-refractivity contribution is 7.88. The Kier molecular flexibility index (Phi) is 5.89. The molecule has 1 saturated heterocycles. The summed E-state index contributed by atoms with van der Waals surface area (Å²) in [6, 6.07) is 3.57. The van der Waals surface area contributed by atoms with Gasteiger partial charge in [-0.1, -0.05) is 6.07 Å². The van der Waals surface area contributed by atoms with Crippen molar-refractivity contribution in [2.75, 3.05) is 19.3 Å². The fourth-order valence-corrected chi connectivity index (χ4v) is 3.02. The summed E-state index contributed by atoms with van der Waals surface area (Å²) in [5, 5.41) is 2.70. The third-order valence-electron chi connectivity index (χ3n) is 3.79. The van der Waals surface area contributed by atoms with Gasteiger partial charge in [0.1, 0.15) is 0 Å². The number of carbonyl (C=O) groups excluding carboxylic acids is 2. The lowest BCUT2D eigenvalue weighted by molar-refractivity contribution is -0.131. The fourth-order valence-electron chi connectivity index (χ4n) is 2.63. The minimum absolute atomic E-state index is 0.106. The first kappa shape index (κ1) is 18.3. The number of carbonyl (C=O) groups is 2. The van der Waals surface area contributed by atoms with Crippen LogP contribution in [0.25, 0.3) is 0 Å². The van der Waals surface area contributed by atoms with Crippen LogP contribution in [0.3, 0.4) is 0 Å². The van der Waals surface area contributed by atoms with Gasteiger partial charge in [-0.15, -0.1) is 0 Å². The van der Waals surface area contributed by atoms with Gasteiger partial charge in [0.05, 0.1) is 24.5 Å². The molecule has 2 amide bonds. The van der Waals surface area contributed by atoms with E-state index >= 15 is 0 Å². The summed E-state index contributed by atoms with van der Waals surface area (Å²) in [5.74, 6) is -0.364. The van der Waals surface area contributed by atoms with E-state index in [-0.39, 0.29) is 24.4 Å². The van der Waals surface area contributed by atoms with E-state index < -0.39 is 10.0 Å². The summed E-state index contributed by atoms with van der Waals surface area (Å²) in [7, 11) is -3.40. The molecule has 0 bridgehead atoms. The first-order chi connectivity index (χ1) is 11.3. The van der Waals surface area contributed by atoms with Crippen LogP contribution in [0, 0.1) is 0 Å². The Bertz CT molecular complexity index is 703. The van der Waals surface area contributed by atoms with Gasteiger partial charge in [-0.05, 0) is 24.5 Å². The molecule has 2 rings (SSSR count). The van der Waals surface area contributed by atoms with Crippen molar-refractivity contribution in [3.05, 3.63) is 29.6 Å². The maximum atomic E-state index is 12.2. The van der Waals surface area contributed by atoms with Crippen molar-refractivity contribution in [1.29, 1.82) is 0 Å². The SMILES string of the molecule is CC(=O)NCc1ccc(C2CCCN2C(=O)CNS(C)(=O)=O)nc1. The van der Waals surface area contributed by atoms with Gasteiger partial charge in [0.25, 0.3) is 0 Å². The second-order valence-electron chi connectivity index (χ2n) is 5.84. The Morgan fingerprint density at radius 1 is 1.38 bits per heavy atom. The molecule has 2 heterocycles. The highest BCUT2D eigenvalue weighted by Gasteiger charge is 2.30. The summed E-state index contributed by atoms with van der Waals surface area (Å²) in [6.45, 7) is 2.21. The van der Waals surface area contributed by atoms with Crippen LogP contribution in [0.4, 0.5) is 0 Å². The van der Waals surface area contributed by atoms with E-state index in [1.807, 2.05) is 12.1 Å². The van der Waals surface area contributed by atoms with E-state index in [1.54, 1.807) is 11.1 Å². The molecule has 1 aliphatic heterocycles. The van der Waals surface area contributed by atoms with Gasteiger partial charge in [0.2, 0.25) is 21.8 Å². The van der Waals surface area contributed by atoms with Crippen LogP contribution >= 0.6 is 0 Å². The molecule has 1 aromatic heterocycles. The van der Waals surface area contributed by atoms with Gasteiger partial charge < -0.3 is 10.2 Å². The van der Waals surface area contributed by atoms with Crippen molar-refractivity contribution in [2.45, 2.75) is 32.4 Å². The lowest BCUT2D eigenvalue weighted by Crippen LogP contribution is -2.39. The van der Waals surface area contributed by atoms with Crippen molar-refractivity contribution in [1.82, 2.24) is 19.9 Å². The molecule has 1 aromatic rings. The first-order valence-electron chi connectivity index (χ1n) is 7.69. The van der Waals surface area contributed by atoms with Crippen LogP contribution in [0.15, 0.2) is 18.3 Å². The number of hydrogen-bond acceptors (Lipinski definition) is 5. The minimum atomic E-state index is -3.40. The Hall–Kier alpha value is -2.00. The van der Waals surface area contributed by atoms with Crippen molar-refractivity contribution in [3.63, 3.8) is 0 Å². The van der Waals surface area contributed by atoms with E-state index in [1.165, 1.54) is 6.92 Å². The first-order valence-corrected chi connectivity index (χ1v) is 9.59. The molecular formula is C15H22N4O4S. The smallest absolute Gasteiger partial charge is 0.238 e. The Morgan fingerprint density at radius 2 is 2.12 bits per heavy atom. The van der Waals surface area contributed by atoms with Crippen LogP contribution in [0.2, 0.25) is 0 Å². The lowest BCUT2D eigenvalue weighted by Gasteiger charge is -2.24. The molecule has 24 heavy (non-hydrogen) atoms. The summed E-state index contributed by atoms with van der Waals surface area (Å²) < 4.78 is 24.5. The average molecular weight is 354 g/mol. The van der Waals surface area contributed by atoms with Crippen molar-refractivity contribution in [2.24, 2.45) is 0 Å². The van der Waals surface area contributed by atoms with Crippen LogP contribution in [0.5, 0.6) is 0 Å². The highest BCUT2D eigenvalue weighted by atomic mass is 32.2. The van der Waals surface area contributed by atoms with Crippen molar-refractivity contribution in [3.8, 4) is 0 Å². The predicted octanol–water partition coefficient (Wildman–Crippen LogP) is -0.0696. The number of nitrogens with zero attached hydrogens (tertiary/aromatic N) is 2. The fraction of sp³-hybridized carbons (Fsp3) is 0.533. The van der Waals surface area contributed by atoms with Gasteiger partial charge in [0, 0.05) is 26.2 Å². The van der Waals surface area contributed by atoms with E-state index in [0.29, 0.717) is 13.1 Å². The molecule has 9 heteroatoms. The van der Waals surface area contributed by atoms with Crippen LogP contribution in [-0.2, 0) is 26.2 Å². The van der Waals surface area contributed by atoms with Gasteiger partial charge in [-0.25, -0.2) is 13.1 Å². The van der Waals surface area contributed by atoms with Crippen LogP contribution < -0.4 is 10.0 Å². The van der Waals surface area contributed by atoms with Crippen LogP contribution in [-0.4, -0.2) is 49.5 Å². The second kappa shape index (κ2) is 7.71. The largest absolute Gasteiger partial charge is 0.352 e. The number of nitrogens with one attached hydrogen (secondary N) is 2. The third-order valence-corrected chi connectivity index (χ3v) is 4.46. The molecule has 132 valence electrons. The molecule has 0 radical (unpaired) electrons. The highest BCUT2D eigenvalue weighted by Crippen LogP contribution is 2.30. The standard InChI is InChI=1S/C15H22N4O4S/c1-11(20)16-8-12-5-6-13(17-9-12)14-4-3-7-19(14)15(21)10-18-24(2,22)23/h5-6,9,14,18H,3-4,7-8,10H2,1-2H3,(H,16,20). The number of hydrogen-bond donors (Lipinski definition) is 2. The molecule has 0 spiro atoms. The maximum Gasteiger partial charge on any atom is 0.238 e. The molecule has 1 atom stereocenters. The normalized spacial score (nSPS) is 17.8. The third kappa shape index (κ3) is 5.27. The Balaban J connectivity index is 2.01. The van der Waals surface area contributed by atoms with E-state index in [9.17, 15) is 18.0 Å². The van der Waals surface area contributed by atoms with Crippen molar-refractivity contribution < 1.29 is 18.0 Å². The molecular weight excluding hydrogens is 332 g/mol. The molecule has 0 saturated carbocycles. The molecule has 8 nitrogen and oxygen atoms in total. The molecule has 0 aliphatic carbocycles. The number of likely N-dealkylation sites (tertiary alicyclic amines) is 1. The number of pyridine rings is 1.